The molecule has 3 heteroatoms. The molecule has 2 aliphatic rings. The van der Waals surface area contributed by atoms with Crippen molar-refractivity contribution in [3.63, 3.8) is 0 Å². The fourth-order valence-corrected chi connectivity index (χ4v) is 5.19. The lowest BCUT2D eigenvalue weighted by Gasteiger charge is -2.33. The molecule has 5 rings (SSSR count). The minimum absolute atomic E-state index is 0.0968. The Balaban J connectivity index is 1.36. The largest absolute Gasteiger partial charge is 0.460 e. The van der Waals surface area contributed by atoms with Gasteiger partial charge in [-0.25, -0.2) is 0 Å². The maximum Gasteiger partial charge on any atom is 0.323 e. The van der Waals surface area contributed by atoms with Gasteiger partial charge in [0.1, 0.15) is 12.6 Å². The number of rotatable bonds is 6. The number of hydrogen-bond acceptors (Lipinski definition) is 3. The second-order valence-electron chi connectivity index (χ2n) is 8.87. The van der Waals surface area contributed by atoms with Crippen LogP contribution in [-0.4, -0.2) is 23.0 Å². The molecule has 3 aromatic carbocycles. The number of benzene rings is 3. The molecule has 1 heterocycles. The molecular weight excluding hydrogens is 394 g/mol. The number of esters is 1. The highest BCUT2D eigenvalue weighted by Crippen LogP contribution is 2.43. The first-order valence-corrected chi connectivity index (χ1v) is 11.5. The van der Waals surface area contributed by atoms with Crippen LogP contribution in [0.4, 0.5) is 0 Å². The standard InChI is InChI=1S/C29H29NO2/c31-29(32-21-23-12-6-2-7-13-23)28-19-26-17-16-25(24-14-8-3-9-15-24)18-27(26)30(28)20-22-10-4-1-5-11-22/h1-16,26-28H,17-21H2/t26-,27-,28+/m1/s1. The van der Waals surface area contributed by atoms with Crippen LogP contribution in [0.2, 0.25) is 0 Å². The third-order valence-corrected chi connectivity index (χ3v) is 6.84. The Morgan fingerprint density at radius 3 is 2.16 bits per heavy atom. The molecule has 0 radical (unpaired) electrons. The molecule has 3 nitrogen and oxygen atoms in total. The summed E-state index contributed by atoms with van der Waals surface area (Å²) < 4.78 is 5.80. The van der Waals surface area contributed by atoms with Gasteiger partial charge in [-0.1, -0.05) is 97.1 Å². The Bertz CT molecular complexity index is 1060. The highest BCUT2D eigenvalue weighted by Gasteiger charge is 2.46. The van der Waals surface area contributed by atoms with E-state index in [-0.39, 0.29) is 12.0 Å². The van der Waals surface area contributed by atoms with Crippen molar-refractivity contribution in [1.29, 1.82) is 0 Å². The third kappa shape index (κ3) is 4.53. The van der Waals surface area contributed by atoms with Gasteiger partial charge in [0, 0.05) is 12.6 Å². The number of likely N-dealkylation sites (tertiary alicyclic amines) is 1. The van der Waals surface area contributed by atoms with Gasteiger partial charge in [0.25, 0.3) is 0 Å². The summed E-state index contributed by atoms with van der Waals surface area (Å²) in [7, 11) is 0. The van der Waals surface area contributed by atoms with Gasteiger partial charge >= 0.3 is 5.97 Å². The minimum atomic E-state index is -0.197. The van der Waals surface area contributed by atoms with Crippen molar-refractivity contribution in [2.24, 2.45) is 5.92 Å². The lowest BCUT2D eigenvalue weighted by Crippen LogP contribution is -2.42. The van der Waals surface area contributed by atoms with Gasteiger partial charge in [-0.2, -0.15) is 0 Å². The maximum absolute atomic E-state index is 13.2. The Morgan fingerprint density at radius 2 is 1.47 bits per heavy atom. The van der Waals surface area contributed by atoms with E-state index in [4.69, 9.17) is 4.74 Å². The molecule has 0 bridgehead atoms. The summed E-state index contributed by atoms with van der Waals surface area (Å²) in [5.41, 5.74) is 4.95. The molecule has 1 aliphatic heterocycles. The van der Waals surface area contributed by atoms with E-state index >= 15 is 0 Å². The molecule has 1 aliphatic carbocycles. The number of carbonyl (C=O) groups excluding carboxylic acids is 1. The molecule has 0 spiro atoms. The number of nitrogens with zero attached hydrogens (tertiary/aromatic N) is 1. The SMILES string of the molecule is O=C(OCc1ccccc1)[C@@H]1C[C@H]2CC=C(c3ccccc3)C[C@H]2N1Cc1ccccc1. The van der Waals surface area contributed by atoms with Crippen molar-refractivity contribution < 1.29 is 9.53 Å². The van der Waals surface area contributed by atoms with Crippen molar-refractivity contribution in [3.8, 4) is 0 Å². The van der Waals surface area contributed by atoms with Crippen LogP contribution < -0.4 is 0 Å². The summed E-state index contributed by atoms with van der Waals surface area (Å²) in [6.45, 7) is 1.10. The fraction of sp³-hybridized carbons (Fsp3) is 0.276. The molecule has 0 saturated carbocycles. The number of ether oxygens (including phenoxy) is 1. The molecule has 162 valence electrons. The fourth-order valence-electron chi connectivity index (χ4n) is 5.19. The van der Waals surface area contributed by atoms with Gasteiger partial charge in [0.2, 0.25) is 0 Å². The van der Waals surface area contributed by atoms with E-state index in [9.17, 15) is 4.79 Å². The molecule has 3 atom stereocenters. The van der Waals surface area contributed by atoms with Crippen molar-refractivity contribution >= 4 is 11.5 Å². The zero-order chi connectivity index (χ0) is 21.8. The zero-order valence-electron chi connectivity index (χ0n) is 18.3. The van der Waals surface area contributed by atoms with Crippen LogP contribution in [0.15, 0.2) is 97.1 Å². The van der Waals surface area contributed by atoms with Gasteiger partial charge in [0.05, 0.1) is 0 Å². The second-order valence-corrected chi connectivity index (χ2v) is 8.87. The highest BCUT2D eigenvalue weighted by atomic mass is 16.5. The predicted molar refractivity (Wildman–Crippen MR) is 128 cm³/mol. The lowest BCUT2D eigenvalue weighted by molar-refractivity contribution is -0.151. The summed E-state index contributed by atoms with van der Waals surface area (Å²) in [6.07, 6.45) is 5.24. The average Bonchev–Trinajstić information content (AvgIpc) is 3.22. The number of fused-ring (bicyclic) bond motifs is 1. The van der Waals surface area contributed by atoms with E-state index in [0.29, 0.717) is 18.6 Å². The van der Waals surface area contributed by atoms with Gasteiger partial charge in [-0.3, -0.25) is 9.69 Å². The molecule has 1 fully saturated rings. The molecule has 32 heavy (non-hydrogen) atoms. The first-order chi connectivity index (χ1) is 15.8. The summed E-state index contributed by atoms with van der Waals surface area (Å²) in [5, 5.41) is 0. The van der Waals surface area contributed by atoms with Gasteiger partial charge in [-0.05, 0) is 47.4 Å². The molecular formula is C29H29NO2. The quantitative estimate of drug-likeness (QED) is 0.465. The first-order valence-electron chi connectivity index (χ1n) is 11.5. The van der Waals surface area contributed by atoms with Crippen LogP contribution in [0.3, 0.4) is 0 Å². The first kappa shape index (κ1) is 20.7. The number of carbonyl (C=O) groups is 1. The number of hydrogen-bond donors (Lipinski definition) is 0. The average molecular weight is 424 g/mol. The van der Waals surface area contributed by atoms with E-state index in [1.54, 1.807) is 0 Å². The minimum Gasteiger partial charge on any atom is -0.460 e. The molecule has 0 amide bonds. The van der Waals surface area contributed by atoms with Crippen LogP contribution in [0.5, 0.6) is 0 Å². The monoisotopic (exact) mass is 423 g/mol. The van der Waals surface area contributed by atoms with Crippen molar-refractivity contribution in [3.05, 3.63) is 114 Å². The number of allylic oxidation sites excluding steroid dienone is 1. The summed E-state index contributed by atoms with van der Waals surface area (Å²) in [4.78, 5) is 15.6. The van der Waals surface area contributed by atoms with E-state index in [1.165, 1.54) is 16.7 Å². The Kier molecular flexibility index (Phi) is 6.17. The normalized spacial score (nSPS) is 22.8. The second kappa shape index (κ2) is 9.54. The van der Waals surface area contributed by atoms with Crippen LogP contribution in [0, 0.1) is 5.92 Å². The Hall–Kier alpha value is -3.17. The summed E-state index contributed by atoms with van der Waals surface area (Å²) >= 11 is 0. The predicted octanol–water partition coefficient (Wildman–Crippen LogP) is 5.87. The lowest BCUT2D eigenvalue weighted by atomic mass is 9.82. The van der Waals surface area contributed by atoms with E-state index in [0.717, 1.165) is 31.4 Å². The van der Waals surface area contributed by atoms with Crippen molar-refractivity contribution in [2.45, 2.75) is 44.5 Å². The Morgan fingerprint density at radius 1 is 0.844 bits per heavy atom. The van der Waals surface area contributed by atoms with Gasteiger partial charge in [-0.15, -0.1) is 0 Å². The Labute approximate surface area is 190 Å². The summed E-state index contributed by atoms with van der Waals surface area (Å²) in [5.74, 6) is 0.390. The van der Waals surface area contributed by atoms with Crippen molar-refractivity contribution in [2.75, 3.05) is 0 Å². The van der Waals surface area contributed by atoms with Crippen LogP contribution >= 0.6 is 0 Å². The third-order valence-electron chi connectivity index (χ3n) is 6.84. The van der Waals surface area contributed by atoms with Crippen LogP contribution in [0.25, 0.3) is 5.57 Å². The molecule has 0 unspecified atom stereocenters. The molecule has 1 saturated heterocycles. The van der Waals surface area contributed by atoms with E-state index < -0.39 is 0 Å². The van der Waals surface area contributed by atoms with E-state index in [1.807, 2.05) is 36.4 Å². The summed E-state index contributed by atoms with van der Waals surface area (Å²) in [6, 6.07) is 31.2. The zero-order valence-corrected chi connectivity index (χ0v) is 18.3. The van der Waals surface area contributed by atoms with E-state index in [2.05, 4.69) is 65.6 Å². The van der Waals surface area contributed by atoms with Gasteiger partial charge in [0.15, 0.2) is 0 Å². The molecule has 0 aromatic heterocycles. The highest BCUT2D eigenvalue weighted by molar-refractivity contribution is 5.77. The van der Waals surface area contributed by atoms with Crippen LogP contribution in [-0.2, 0) is 22.7 Å². The van der Waals surface area contributed by atoms with Crippen molar-refractivity contribution in [1.82, 2.24) is 4.90 Å². The molecule has 3 aromatic rings. The molecule has 0 N–H and O–H groups in total. The maximum atomic E-state index is 13.2. The van der Waals surface area contributed by atoms with Crippen LogP contribution in [0.1, 0.15) is 36.0 Å². The van der Waals surface area contributed by atoms with Gasteiger partial charge < -0.3 is 4.74 Å². The smallest absolute Gasteiger partial charge is 0.323 e. The topological polar surface area (TPSA) is 29.5 Å².